The Labute approximate surface area is 146 Å². The minimum absolute atomic E-state index is 0.0735. The lowest BCUT2D eigenvalue weighted by Crippen LogP contribution is -2.17. The van der Waals surface area contributed by atoms with Crippen molar-refractivity contribution in [1.82, 2.24) is 0 Å². The monoisotopic (exact) mass is 361 g/mol. The highest BCUT2D eigenvalue weighted by molar-refractivity contribution is 7.90. The van der Waals surface area contributed by atoms with E-state index in [1.54, 1.807) is 0 Å². The van der Waals surface area contributed by atoms with Gasteiger partial charge in [0.2, 0.25) is 0 Å². The predicted molar refractivity (Wildman–Crippen MR) is 97.4 cm³/mol. The number of hydrogen-bond acceptors (Lipinski definition) is 6. The minimum Gasteiger partial charge on any atom is -0.371 e. The molecule has 8 heteroatoms. The molecule has 1 aliphatic heterocycles. The maximum absolute atomic E-state index is 11.6. The average Bonchev–Trinajstić information content (AvgIpc) is 3.09. The first kappa shape index (κ1) is 17.2. The Balaban J connectivity index is 1.92. The maximum atomic E-state index is 11.6. The van der Waals surface area contributed by atoms with Crippen LogP contribution in [0.1, 0.15) is 12.8 Å². The van der Waals surface area contributed by atoms with Gasteiger partial charge >= 0.3 is 0 Å². The normalized spacial score (nSPS) is 14.5. The standard InChI is InChI=1S/C17H19N3O4S/c1-25(23,24)15-7-8-16(17(12-15)20(21)22)18-13-5-4-6-14(11-13)19-9-2-3-10-19/h4-8,11-12,18H,2-3,9-10H2,1H3. The van der Waals surface area contributed by atoms with Gasteiger partial charge in [-0.15, -0.1) is 0 Å². The van der Waals surface area contributed by atoms with Crippen molar-refractivity contribution < 1.29 is 13.3 Å². The van der Waals surface area contributed by atoms with Gasteiger partial charge in [-0.2, -0.15) is 0 Å². The van der Waals surface area contributed by atoms with Crippen LogP contribution in [0.3, 0.4) is 0 Å². The molecule has 7 nitrogen and oxygen atoms in total. The average molecular weight is 361 g/mol. The quantitative estimate of drug-likeness (QED) is 0.648. The summed E-state index contributed by atoms with van der Waals surface area (Å²) in [5.74, 6) is 0. The van der Waals surface area contributed by atoms with E-state index in [2.05, 4.69) is 10.2 Å². The van der Waals surface area contributed by atoms with Crippen LogP contribution in [0.15, 0.2) is 47.4 Å². The summed E-state index contributed by atoms with van der Waals surface area (Å²) in [4.78, 5) is 12.9. The second kappa shape index (κ2) is 6.72. The number of rotatable bonds is 5. The third-order valence-corrected chi connectivity index (χ3v) is 5.30. The summed E-state index contributed by atoms with van der Waals surface area (Å²) < 4.78 is 23.2. The molecule has 1 heterocycles. The highest BCUT2D eigenvalue weighted by Crippen LogP contribution is 2.31. The van der Waals surface area contributed by atoms with Crippen LogP contribution in [-0.4, -0.2) is 32.7 Å². The molecule has 1 N–H and O–H groups in total. The topological polar surface area (TPSA) is 92.6 Å². The molecule has 1 fully saturated rings. The molecule has 2 aromatic rings. The van der Waals surface area contributed by atoms with Crippen LogP contribution in [0.5, 0.6) is 0 Å². The van der Waals surface area contributed by atoms with E-state index < -0.39 is 14.8 Å². The third-order valence-electron chi connectivity index (χ3n) is 4.19. The lowest BCUT2D eigenvalue weighted by Gasteiger charge is -2.18. The third kappa shape index (κ3) is 3.90. The first-order valence-electron chi connectivity index (χ1n) is 7.95. The predicted octanol–water partition coefficient (Wildman–Crippen LogP) is 3.34. The molecule has 0 radical (unpaired) electrons. The van der Waals surface area contributed by atoms with Gasteiger partial charge < -0.3 is 10.2 Å². The molecule has 3 rings (SSSR count). The molecule has 0 saturated carbocycles. The van der Waals surface area contributed by atoms with E-state index in [0.29, 0.717) is 0 Å². The summed E-state index contributed by atoms with van der Waals surface area (Å²) in [7, 11) is -3.51. The zero-order valence-corrected chi connectivity index (χ0v) is 14.6. The highest BCUT2D eigenvalue weighted by atomic mass is 32.2. The van der Waals surface area contributed by atoms with E-state index in [1.165, 1.54) is 12.1 Å². The number of nitro groups is 1. The maximum Gasteiger partial charge on any atom is 0.293 e. The van der Waals surface area contributed by atoms with E-state index in [4.69, 9.17) is 0 Å². The molecule has 25 heavy (non-hydrogen) atoms. The van der Waals surface area contributed by atoms with E-state index >= 15 is 0 Å². The fraction of sp³-hybridized carbons (Fsp3) is 0.294. The van der Waals surface area contributed by atoms with Gasteiger partial charge in [-0.1, -0.05) is 6.07 Å². The Hall–Kier alpha value is -2.61. The van der Waals surface area contributed by atoms with Crippen LogP contribution in [-0.2, 0) is 9.84 Å². The molecule has 2 aromatic carbocycles. The van der Waals surface area contributed by atoms with E-state index in [1.807, 2.05) is 24.3 Å². The number of benzene rings is 2. The van der Waals surface area contributed by atoms with Gasteiger partial charge in [0.05, 0.1) is 9.82 Å². The largest absolute Gasteiger partial charge is 0.371 e. The van der Waals surface area contributed by atoms with E-state index in [9.17, 15) is 18.5 Å². The van der Waals surface area contributed by atoms with Gasteiger partial charge in [-0.05, 0) is 43.2 Å². The summed E-state index contributed by atoms with van der Waals surface area (Å²) in [5, 5.41) is 14.4. The zero-order chi connectivity index (χ0) is 18.0. The molecule has 0 atom stereocenters. The Morgan fingerprint density at radius 1 is 1.12 bits per heavy atom. The summed E-state index contributed by atoms with van der Waals surface area (Å²) in [6, 6.07) is 11.6. The van der Waals surface area contributed by atoms with Crippen LogP contribution < -0.4 is 10.2 Å². The molecule has 0 spiro atoms. The second-order valence-corrected chi connectivity index (χ2v) is 8.09. The van der Waals surface area contributed by atoms with E-state index in [0.717, 1.165) is 49.6 Å². The van der Waals surface area contributed by atoms with Gasteiger partial charge in [-0.3, -0.25) is 10.1 Å². The number of nitrogens with one attached hydrogen (secondary N) is 1. The summed E-state index contributed by atoms with van der Waals surface area (Å²) >= 11 is 0. The number of sulfone groups is 1. The van der Waals surface area contributed by atoms with Gasteiger partial charge in [0.15, 0.2) is 9.84 Å². The molecule has 1 aliphatic rings. The highest BCUT2D eigenvalue weighted by Gasteiger charge is 2.19. The molecule has 0 amide bonds. The number of nitrogens with zero attached hydrogens (tertiary/aromatic N) is 2. The van der Waals surface area contributed by atoms with Crippen LogP contribution in [0, 0.1) is 10.1 Å². The van der Waals surface area contributed by atoms with Crippen molar-refractivity contribution in [2.45, 2.75) is 17.7 Å². The molecular formula is C17H19N3O4S. The number of anilines is 3. The van der Waals surface area contributed by atoms with Gasteiger partial charge in [-0.25, -0.2) is 8.42 Å². The van der Waals surface area contributed by atoms with Crippen molar-refractivity contribution >= 4 is 32.6 Å². The Morgan fingerprint density at radius 2 is 1.84 bits per heavy atom. The zero-order valence-electron chi connectivity index (χ0n) is 13.8. The van der Waals surface area contributed by atoms with Crippen molar-refractivity contribution in [1.29, 1.82) is 0 Å². The Morgan fingerprint density at radius 3 is 2.48 bits per heavy atom. The molecular weight excluding hydrogens is 342 g/mol. The van der Waals surface area contributed by atoms with Crippen LogP contribution in [0.4, 0.5) is 22.7 Å². The molecule has 0 aliphatic carbocycles. The molecule has 0 bridgehead atoms. The van der Waals surface area contributed by atoms with Gasteiger partial charge in [0.25, 0.3) is 5.69 Å². The molecule has 1 saturated heterocycles. The lowest BCUT2D eigenvalue weighted by atomic mass is 10.2. The number of hydrogen-bond donors (Lipinski definition) is 1. The summed E-state index contributed by atoms with van der Waals surface area (Å²) in [6.45, 7) is 2.01. The van der Waals surface area contributed by atoms with Crippen LogP contribution in [0.25, 0.3) is 0 Å². The first-order chi connectivity index (χ1) is 11.8. The van der Waals surface area contributed by atoms with E-state index in [-0.39, 0.29) is 16.3 Å². The lowest BCUT2D eigenvalue weighted by molar-refractivity contribution is -0.384. The Kier molecular flexibility index (Phi) is 4.63. The second-order valence-electron chi connectivity index (χ2n) is 6.08. The molecule has 0 aromatic heterocycles. The van der Waals surface area contributed by atoms with Crippen LogP contribution >= 0.6 is 0 Å². The first-order valence-corrected chi connectivity index (χ1v) is 9.84. The smallest absolute Gasteiger partial charge is 0.293 e. The van der Waals surface area contributed by atoms with Crippen molar-refractivity contribution in [3.05, 3.63) is 52.6 Å². The summed E-state index contributed by atoms with van der Waals surface area (Å²) in [5.41, 5.74) is 1.78. The van der Waals surface area contributed by atoms with Crippen molar-refractivity contribution in [3.63, 3.8) is 0 Å². The van der Waals surface area contributed by atoms with Gasteiger partial charge in [0, 0.05) is 36.8 Å². The fourth-order valence-corrected chi connectivity index (χ4v) is 3.55. The summed E-state index contributed by atoms with van der Waals surface area (Å²) in [6.07, 6.45) is 3.35. The van der Waals surface area contributed by atoms with Crippen LogP contribution in [0.2, 0.25) is 0 Å². The SMILES string of the molecule is CS(=O)(=O)c1ccc(Nc2cccc(N3CCCC3)c2)c([N+](=O)[O-])c1. The van der Waals surface area contributed by atoms with Crippen molar-refractivity contribution in [2.24, 2.45) is 0 Å². The molecule has 132 valence electrons. The Bertz CT molecular complexity index is 906. The fourth-order valence-electron chi connectivity index (χ4n) is 2.91. The van der Waals surface area contributed by atoms with Crippen molar-refractivity contribution in [3.8, 4) is 0 Å². The van der Waals surface area contributed by atoms with Gasteiger partial charge in [0.1, 0.15) is 5.69 Å². The number of nitro benzene ring substituents is 1. The minimum atomic E-state index is -3.51. The molecule has 0 unspecified atom stereocenters. The van der Waals surface area contributed by atoms with Crippen molar-refractivity contribution in [2.75, 3.05) is 29.6 Å².